The Morgan fingerprint density at radius 3 is 2.79 bits per heavy atom. The number of hydrogen-bond acceptors (Lipinski definition) is 4. The Labute approximate surface area is 111 Å². The van der Waals surface area contributed by atoms with Crippen LogP contribution < -0.4 is 10.6 Å². The van der Waals surface area contributed by atoms with Crippen molar-refractivity contribution >= 4 is 11.6 Å². The predicted octanol–water partition coefficient (Wildman–Crippen LogP) is 0.829. The summed E-state index contributed by atoms with van der Waals surface area (Å²) in [5.74, 6) is -0.161. The average molecular weight is 259 g/mol. The zero-order chi connectivity index (χ0) is 13.7. The molecule has 0 unspecified atom stereocenters. The topological polar surface area (TPSA) is 71.8 Å². The second-order valence-corrected chi connectivity index (χ2v) is 4.21. The summed E-state index contributed by atoms with van der Waals surface area (Å²) in [5, 5.41) is 9.87. The molecule has 0 aromatic carbocycles. The molecule has 0 atom stereocenters. The van der Waals surface area contributed by atoms with Crippen LogP contribution in [0.25, 0.3) is 0 Å². The lowest BCUT2D eigenvalue weighted by atomic mass is 10.2. The lowest BCUT2D eigenvalue weighted by Crippen LogP contribution is -2.26. The van der Waals surface area contributed by atoms with Gasteiger partial charge in [0.25, 0.3) is 5.91 Å². The first-order chi connectivity index (χ1) is 9.19. The van der Waals surface area contributed by atoms with Crippen molar-refractivity contribution in [2.45, 2.75) is 6.42 Å². The van der Waals surface area contributed by atoms with Crippen LogP contribution in [0.15, 0.2) is 30.7 Å². The number of carbonyl (C=O) groups is 1. The number of nitrogens with zero attached hydrogens (tertiary/aromatic N) is 3. The number of anilines is 1. The summed E-state index contributed by atoms with van der Waals surface area (Å²) in [6.45, 7) is 0.569. The minimum Gasteiger partial charge on any atom is -0.387 e. The lowest BCUT2D eigenvalue weighted by Gasteiger charge is -2.04. The van der Waals surface area contributed by atoms with Crippen molar-refractivity contribution in [1.82, 2.24) is 20.1 Å². The zero-order valence-electron chi connectivity index (χ0n) is 11.1. The van der Waals surface area contributed by atoms with Crippen LogP contribution in [0.2, 0.25) is 0 Å². The smallest absolute Gasteiger partial charge is 0.269 e. The van der Waals surface area contributed by atoms with Crippen molar-refractivity contribution in [3.05, 3.63) is 42.0 Å². The number of rotatable bonds is 5. The quantitative estimate of drug-likeness (QED) is 0.834. The number of amides is 1. The van der Waals surface area contributed by atoms with E-state index in [1.54, 1.807) is 23.1 Å². The highest BCUT2D eigenvalue weighted by Gasteiger charge is 2.06. The normalized spacial score (nSPS) is 10.2. The summed E-state index contributed by atoms with van der Waals surface area (Å²) in [4.78, 5) is 15.9. The third-order valence-electron chi connectivity index (χ3n) is 2.74. The monoisotopic (exact) mass is 259 g/mol. The summed E-state index contributed by atoms with van der Waals surface area (Å²) >= 11 is 0. The highest BCUT2D eigenvalue weighted by molar-refractivity contribution is 5.92. The van der Waals surface area contributed by atoms with Gasteiger partial charge in [-0.2, -0.15) is 5.10 Å². The Morgan fingerprint density at radius 2 is 2.21 bits per heavy atom. The van der Waals surface area contributed by atoms with Gasteiger partial charge in [-0.25, -0.2) is 4.98 Å². The van der Waals surface area contributed by atoms with Gasteiger partial charge in [-0.1, -0.05) is 0 Å². The predicted molar refractivity (Wildman–Crippen MR) is 73.0 cm³/mol. The molecule has 2 N–H and O–H groups in total. The SMILES string of the molecule is CNc1ccc(C(=O)NCCc2cnn(C)c2)nc1. The molecule has 0 spiro atoms. The molecule has 1 amide bonds. The largest absolute Gasteiger partial charge is 0.387 e. The van der Waals surface area contributed by atoms with E-state index in [0.29, 0.717) is 12.2 Å². The van der Waals surface area contributed by atoms with Gasteiger partial charge in [0.1, 0.15) is 5.69 Å². The van der Waals surface area contributed by atoms with Crippen molar-refractivity contribution in [3.8, 4) is 0 Å². The van der Waals surface area contributed by atoms with Gasteiger partial charge in [-0.15, -0.1) is 0 Å². The number of aryl methyl sites for hydroxylation is 1. The Balaban J connectivity index is 1.83. The van der Waals surface area contributed by atoms with Gasteiger partial charge in [0.05, 0.1) is 18.1 Å². The number of carbonyl (C=O) groups excluding carboxylic acids is 1. The second kappa shape index (κ2) is 5.99. The van der Waals surface area contributed by atoms with Crippen LogP contribution in [0.1, 0.15) is 16.1 Å². The molecule has 2 rings (SSSR count). The Bertz CT molecular complexity index is 546. The van der Waals surface area contributed by atoms with E-state index in [4.69, 9.17) is 0 Å². The lowest BCUT2D eigenvalue weighted by molar-refractivity contribution is 0.0949. The van der Waals surface area contributed by atoms with Gasteiger partial charge in [-0.3, -0.25) is 9.48 Å². The van der Waals surface area contributed by atoms with Gasteiger partial charge in [-0.05, 0) is 24.1 Å². The molecular weight excluding hydrogens is 242 g/mol. The first-order valence-electron chi connectivity index (χ1n) is 6.08. The summed E-state index contributed by atoms with van der Waals surface area (Å²) in [5.41, 5.74) is 2.40. The second-order valence-electron chi connectivity index (χ2n) is 4.21. The van der Waals surface area contributed by atoms with Crippen LogP contribution in [0, 0.1) is 0 Å². The number of pyridine rings is 1. The molecule has 0 bridgehead atoms. The standard InChI is InChI=1S/C13H17N5O/c1-14-11-3-4-12(16-8-11)13(19)15-6-5-10-7-17-18(2)9-10/h3-4,7-9,14H,5-6H2,1-2H3,(H,15,19). The van der Waals surface area contributed by atoms with Crippen molar-refractivity contribution in [3.63, 3.8) is 0 Å². The van der Waals surface area contributed by atoms with Crippen molar-refractivity contribution in [2.75, 3.05) is 18.9 Å². The molecule has 0 aliphatic rings. The summed E-state index contributed by atoms with van der Waals surface area (Å²) < 4.78 is 1.75. The van der Waals surface area contributed by atoms with Crippen LogP contribution >= 0.6 is 0 Å². The minimum absolute atomic E-state index is 0.161. The summed E-state index contributed by atoms with van der Waals surface area (Å²) in [6, 6.07) is 3.52. The Hall–Kier alpha value is -2.37. The van der Waals surface area contributed by atoms with Crippen LogP contribution in [0.4, 0.5) is 5.69 Å². The highest BCUT2D eigenvalue weighted by Crippen LogP contribution is 2.04. The van der Waals surface area contributed by atoms with Crippen LogP contribution in [-0.4, -0.2) is 34.3 Å². The van der Waals surface area contributed by atoms with E-state index in [-0.39, 0.29) is 5.91 Å². The van der Waals surface area contributed by atoms with Crippen molar-refractivity contribution in [2.24, 2.45) is 7.05 Å². The van der Waals surface area contributed by atoms with E-state index >= 15 is 0 Å². The molecule has 0 fully saturated rings. The van der Waals surface area contributed by atoms with E-state index in [2.05, 4.69) is 20.7 Å². The molecular formula is C13H17N5O. The first-order valence-corrected chi connectivity index (χ1v) is 6.08. The van der Waals surface area contributed by atoms with E-state index in [9.17, 15) is 4.79 Å². The maximum Gasteiger partial charge on any atom is 0.269 e. The van der Waals surface area contributed by atoms with Gasteiger partial charge in [0.2, 0.25) is 0 Å². The fraction of sp³-hybridized carbons (Fsp3) is 0.308. The Kier molecular flexibility index (Phi) is 4.12. The molecule has 100 valence electrons. The first kappa shape index (κ1) is 13.1. The third-order valence-corrected chi connectivity index (χ3v) is 2.74. The molecule has 6 heteroatoms. The molecule has 0 aliphatic heterocycles. The van der Waals surface area contributed by atoms with E-state index in [1.807, 2.05) is 26.4 Å². The van der Waals surface area contributed by atoms with Gasteiger partial charge >= 0.3 is 0 Å². The summed E-state index contributed by atoms with van der Waals surface area (Å²) in [7, 11) is 3.68. The van der Waals surface area contributed by atoms with Crippen molar-refractivity contribution in [1.29, 1.82) is 0 Å². The fourth-order valence-electron chi connectivity index (χ4n) is 1.69. The van der Waals surface area contributed by atoms with Crippen LogP contribution in [0.5, 0.6) is 0 Å². The molecule has 0 aliphatic carbocycles. The molecule has 2 aromatic rings. The molecule has 6 nitrogen and oxygen atoms in total. The fourth-order valence-corrected chi connectivity index (χ4v) is 1.69. The molecule has 2 heterocycles. The minimum atomic E-state index is -0.161. The maximum atomic E-state index is 11.8. The molecule has 0 saturated heterocycles. The van der Waals surface area contributed by atoms with E-state index < -0.39 is 0 Å². The number of nitrogens with one attached hydrogen (secondary N) is 2. The molecule has 0 radical (unpaired) electrons. The maximum absolute atomic E-state index is 11.8. The molecule has 2 aromatic heterocycles. The van der Waals surface area contributed by atoms with Crippen molar-refractivity contribution < 1.29 is 4.79 Å². The van der Waals surface area contributed by atoms with Crippen LogP contribution in [0.3, 0.4) is 0 Å². The molecule has 19 heavy (non-hydrogen) atoms. The third kappa shape index (κ3) is 3.54. The van der Waals surface area contributed by atoms with Gasteiger partial charge in [0, 0.05) is 26.8 Å². The van der Waals surface area contributed by atoms with E-state index in [1.165, 1.54) is 0 Å². The van der Waals surface area contributed by atoms with Crippen LogP contribution in [-0.2, 0) is 13.5 Å². The summed E-state index contributed by atoms with van der Waals surface area (Å²) in [6.07, 6.45) is 6.13. The van der Waals surface area contributed by atoms with E-state index in [0.717, 1.165) is 17.7 Å². The molecule has 0 saturated carbocycles. The average Bonchev–Trinajstić information content (AvgIpc) is 2.84. The number of hydrogen-bond donors (Lipinski definition) is 2. The van der Waals surface area contributed by atoms with Gasteiger partial charge in [0.15, 0.2) is 0 Å². The van der Waals surface area contributed by atoms with Gasteiger partial charge < -0.3 is 10.6 Å². The zero-order valence-corrected chi connectivity index (χ0v) is 11.1. The highest BCUT2D eigenvalue weighted by atomic mass is 16.1. The Morgan fingerprint density at radius 1 is 1.37 bits per heavy atom. The number of aromatic nitrogens is 3.